The van der Waals surface area contributed by atoms with Gasteiger partial charge in [0.25, 0.3) is 0 Å². The Labute approximate surface area is 153 Å². The molecule has 0 unspecified atom stereocenters. The molecule has 2 saturated heterocycles. The van der Waals surface area contributed by atoms with Gasteiger partial charge >= 0.3 is 11.9 Å². The number of fused-ring (bicyclic) bond motifs is 4. The lowest BCUT2D eigenvalue weighted by atomic mass is 9.81. The first kappa shape index (κ1) is 18.9. The fraction of sp³-hybridized carbons (Fsp3) is 0.600. The van der Waals surface area contributed by atoms with Crippen LogP contribution < -0.4 is 0 Å². The van der Waals surface area contributed by atoms with Crippen molar-refractivity contribution in [1.29, 1.82) is 0 Å². The number of hydrogen-bond acceptors (Lipinski definition) is 6. The minimum absolute atomic E-state index is 0.114. The second kappa shape index (κ2) is 6.67. The molecular weight excluding hydrogens is 336 g/mol. The average molecular weight is 362 g/mol. The van der Waals surface area contributed by atoms with Crippen LogP contribution in [0.4, 0.5) is 0 Å². The van der Waals surface area contributed by atoms with Crippen LogP contribution in [0.5, 0.6) is 0 Å². The first-order valence-electron chi connectivity index (χ1n) is 8.86. The zero-order valence-corrected chi connectivity index (χ0v) is 15.7. The number of carbonyl (C=O) groups is 2. The number of ether oxygens (including phenoxy) is 4. The van der Waals surface area contributed by atoms with Gasteiger partial charge in [-0.1, -0.05) is 20.1 Å². The smallest absolute Gasteiger partial charge is 0.334 e. The fourth-order valence-corrected chi connectivity index (χ4v) is 4.16. The van der Waals surface area contributed by atoms with Crippen LogP contribution in [0.25, 0.3) is 0 Å². The molecule has 0 aromatic rings. The first-order chi connectivity index (χ1) is 12.2. The Hall–Kier alpha value is -1.92. The molecule has 0 amide bonds. The van der Waals surface area contributed by atoms with Gasteiger partial charge in [-0.2, -0.15) is 0 Å². The summed E-state index contributed by atoms with van der Waals surface area (Å²) in [5, 5.41) is 0. The average Bonchev–Trinajstić information content (AvgIpc) is 3.04. The molecule has 2 fully saturated rings. The van der Waals surface area contributed by atoms with Crippen LogP contribution >= 0.6 is 0 Å². The molecule has 6 heteroatoms. The summed E-state index contributed by atoms with van der Waals surface area (Å²) in [5.74, 6) is -2.17. The third-order valence-electron chi connectivity index (χ3n) is 5.40. The van der Waals surface area contributed by atoms with E-state index in [9.17, 15) is 9.59 Å². The molecule has 0 aromatic carbocycles. The Morgan fingerprint density at radius 3 is 2.73 bits per heavy atom. The van der Waals surface area contributed by atoms with Crippen molar-refractivity contribution in [2.75, 3.05) is 7.11 Å². The van der Waals surface area contributed by atoms with Gasteiger partial charge in [0.1, 0.15) is 18.3 Å². The summed E-state index contributed by atoms with van der Waals surface area (Å²) >= 11 is 0. The van der Waals surface area contributed by atoms with E-state index >= 15 is 0 Å². The predicted molar refractivity (Wildman–Crippen MR) is 94.0 cm³/mol. The molecule has 0 aliphatic carbocycles. The molecule has 6 atom stereocenters. The second-order valence-corrected chi connectivity index (χ2v) is 7.63. The quantitative estimate of drug-likeness (QED) is 0.437. The lowest BCUT2D eigenvalue weighted by Crippen LogP contribution is -2.41. The minimum atomic E-state index is -0.859. The molecular formula is C20H26O6. The molecule has 3 rings (SSSR count). The van der Waals surface area contributed by atoms with Gasteiger partial charge in [0.15, 0.2) is 5.79 Å². The van der Waals surface area contributed by atoms with Crippen molar-refractivity contribution in [2.45, 2.75) is 57.7 Å². The summed E-state index contributed by atoms with van der Waals surface area (Å²) in [7, 11) is 1.60. The standard InChI is InChI=1S/C20H26O6/c1-10(2)18(21)24-14-7-11(3)8-20(23-6)9-12(4)16(26-20)17-15(14)13(5)19(22)25-17/h9,11,14-17H,1,5,7-8H2,2-4,6H3/t11-,14+,15-,16+,17+,20+/m1/s1. The fourth-order valence-electron chi connectivity index (χ4n) is 4.16. The van der Waals surface area contributed by atoms with E-state index < -0.39 is 42.0 Å². The van der Waals surface area contributed by atoms with Gasteiger partial charge < -0.3 is 18.9 Å². The van der Waals surface area contributed by atoms with E-state index in [2.05, 4.69) is 13.2 Å². The predicted octanol–water partition coefficient (Wildman–Crippen LogP) is 2.69. The molecule has 142 valence electrons. The van der Waals surface area contributed by atoms with Crippen LogP contribution in [0.3, 0.4) is 0 Å². The molecule has 0 radical (unpaired) electrons. The van der Waals surface area contributed by atoms with Gasteiger partial charge in [0.2, 0.25) is 0 Å². The van der Waals surface area contributed by atoms with E-state index in [1.807, 2.05) is 19.9 Å². The Balaban J connectivity index is 2.02. The Morgan fingerprint density at radius 1 is 1.42 bits per heavy atom. The van der Waals surface area contributed by atoms with E-state index in [0.29, 0.717) is 24.0 Å². The highest BCUT2D eigenvalue weighted by atomic mass is 16.7. The summed E-state index contributed by atoms with van der Waals surface area (Å²) in [4.78, 5) is 24.4. The lowest BCUT2D eigenvalue weighted by molar-refractivity contribution is -0.218. The molecule has 2 bridgehead atoms. The van der Waals surface area contributed by atoms with Gasteiger partial charge in [0, 0.05) is 24.7 Å². The summed E-state index contributed by atoms with van der Waals surface area (Å²) in [5.41, 5.74) is 1.56. The molecule has 26 heavy (non-hydrogen) atoms. The van der Waals surface area contributed by atoms with Crippen LogP contribution in [0.2, 0.25) is 0 Å². The van der Waals surface area contributed by atoms with Gasteiger partial charge in [-0.05, 0) is 37.8 Å². The van der Waals surface area contributed by atoms with Crippen molar-refractivity contribution >= 4 is 11.9 Å². The second-order valence-electron chi connectivity index (χ2n) is 7.63. The molecule has 0 aromatic heterocycles. The molecule has 3 aliphatic heterocycles. The summed E-state index contributed by atoms with van der Waals surface area (Å²) in [6, 6.07) is 0. The van der Waals surface area contributed by atoms with E-state index in [4.69, 9.17) is 18.9 Å². The number of methoxy groups -OCH3 is 1. The first-order valence-corrected chi connectivity index (χ1v) is 8.86. The number of hydrogen-bond donors (Lipinski definition) is 0. The maximum atomic E-state index is 12.2. The van der Waals surface area contributed by atoms with Crippen molar-refractivity contribution in [2.24, 2.45) is 11.8 Å². The van der Waals surface area contributed by atoms with Crippen LogP contribution in [-0.4, -0.2) is 43.1 Å². The summed E-state index contributed by atoms with van der Waals surface area (Å²) < 4.78 is 23.2. The van der Waals surface area contributed by atoms with Crippen molar-refractivity contribution in [1.82, 2.24) is 0 Å². The highest BCUT2D eigenvalue weighted by Gasteiger charge is 2.55. The number of esters is 2. The zero-order valence-electron chi connectivity index (χ0n) is 15.7. The molecule has 3 heterocycles. The molecule has 0 spiro atoms. The highest BCUT2D eigenvalue weighted by Crippen LogP contribution is 2.46. The summed E-state index contributed by atoms with van der Waals surface area (Å²) in [6.07, 6.45) is 1.52. The van der Waals surface area contributed by atoms with Crippen LogP contribution in [0.1, 0.15) is 33.6 Å². The van der Waals surface area contributed by atoms with Gasteiger partial charge in [-0.25, -0.2) is 9.59 Å². The molecule has 3 aliphatic rings. The van der Waals surface area contributed by atoms with E-state index in [1.165, 1.54) is 0 Å². The van der Waals surface area contributed by atoms with E-state index in [0.717, 1.165) is 5.57 Å². The van der Waals surface area contributed by atoms with Crippen molar-refractivity contribution < 1.29 is 28.5 Å². The normalized spacial score (nSPS) is 39.2. The maximum Gasteiger partial charge on any atom is 0.334 e. The number of carbonyl (C=O) groups excluding carboxylic acids is 2. The van der Waals surface area contributed by atoms with Crippen LogP contribution in [-0.2, 0) is 28.5 Å². The van der Waals surface area contributed by atoms with E-state index in [1.54, 1.807) is 14.0 Å². The van der Waals surface area contributed by atoms with Crippen molar-refractivity contribution in [3.8, 4) is 0 Å². The lowest BCUT2D eigenvalue weighted by Gasteiger charge is -2.30. The molecule has 0 saturated carbocycles. The van der Waals surface area contributed by atoms with Gasteiger partial charge in [-0.15, -0.1) is 0 Å². The number of rotatable bonds is 3. The third-order valence-corrected chi connectivity index (χ3v) is 5.40. The summed E-state index contributed by atoms with van der Waals surface area (Å²) in [6.45, 7) is 13.1. The third kappa shape index (κ3) is 3.12. The molecule has 6 nitrogen and oxygen atoms in total. The maximum absolute atomic E-state index is 12.2. The van der Waals surface area contributed by atoms with Crippen molar-refractivity contribution in [3.05, 3.63) is 36.0 Å². The topological polar surface area (TPSA) is 71.1 Å². The van der Waals surface area contributed by atoms with E-state index in [-0.39, 0.29) is 5.92 Å². The highest BCUT2D eigenvalue weighted by molar-refractivity contribution is 5.91. The van der Waals surface area contributed by atoms with Gasteiger partial charge in [0.05, 0.1) is 5.92 Å². The van der Waals surface area contributed by atoms with Gasteiger partial charge in [-0.3, -0.25) is 0 Å². The van der Waals surface area contributed by atoms with Crippen molar-refractivity contribution in [3.63, 3.8) is 0 Å². The van der Waals surface area contributed by atoms with Crippen LogP contribution in [0.15, 0.2) is 36.0 Å². The SMILES string of the molecule is C=C(C)C(=O)O[C@H]1C[C@@H](C)C[C@@]2(OC)C=C(C)[C@H](O2)[C@H]2OC(=O)C(=C)[C@@H]21. The largest absolute Gasteiger partial charge is 0.458 e. The monoisotopic (exact) mass is 362 g/mol. The minimum Gasteiger partial charge on any atom is -0.458 e. The Bertz CT molecular complexity index is 692. The molecule has 0 N–H and O–H groups in total. The Morgan fingerprint density at radius 2 is 2.12 bits per heavy atom. The van der Waals surface area contributed by atoms with Crippen LogP contribution in [0, 0.1) is 11.8 Å². The zero-order chi connectivity index (χ0) is 19.2. The Kier molecular flexibility index (Phi) is 4.84.